The molecule has 2 aromatic heterocycles. The Balaban J connectivity index is 1.45. The molecule has 1 aromatic carbocycles. The SMILES string of the molecule is O=C1/C(=C\c2ccc(-c3cccc([N+](=O)[O-])c3)o2)S/C(=N/c2ccccn2)N1C1CCCCC1. The molecule has 0 N–H and O–H groups in total. The fraction of sp³-hybridized carbons (Fsp3) is 0.240. The lowest BCUT2D eigenvalue weighted by molar-refractivity contribution is -0.384. The zero-order valence-electron chi connectivity index (χ0n) is 18.3. The molecule has 3 heterocycles. The van der Waals surface area contributed by atoms with Crippen molar-refractivity contribution in [2.75, 3.05) is 0 Å². The quantitative estimate of drug-likeness (QED) is 0.248. The van der Waals surface area contributed by atoms with Crippen LogP contribution in [0.2, 0.25) is 0 Å². The van der Waals surface area contributed by atoms with Crippen LogP contribution in [0.1, 0.15) is 37.9 Å². The highest BCUT2D eigenvalue weighted by Gasteiger charge is 2.39. The van der Waals surface area contributed by atoms with E-state index in [0.29, 0.717) is 33.0 Å². The lowest BCUT2D eigenvalue weighted by Gasteiger charge is -2.30. The highest BCUT2D eigenvalue weighted by Crippen LogP contribution is 2.38. The number of carbonyl (C=O) groups is 1. The zero-order valence-corrected chi connectivity index (χ0v) is 19.1. The van der Waals surface area contributed by atoms with Gasteiger partial charge in [0.25, 0.3) is 11.6 Å². The second-order valence-electron chi connectivity index (χ2n) is 8.17. The van der Waals surface area contributed by atoms with Gasteiger partial charge in [-0.1, -0.05) is 37.5 Å². The summed E-state index contributed by atoms with van der Waals surface area (Å²) >= 11 is 1.32. The van der Waals surface area contributed by atoms with Gasteiger partial charge in [-0.15, -0.1) is 0 Å². The van der Waals surface area contributed by atoms with Crippen molar-refractivity contribution in [3.8, 4) is 11.3 Å². The maximum Gasteiger partial charge on any atom is 0.270 e. The highest BCUT2D eigenvalue weighted by atomic mass is 32.2. The van der Waals surface area contributed by atoms with E-state index in [1.807, 2.05) is 23.1 Å². The minimum atomic E-state index is -0.439. The Morgan fingerprint density at radius 3 is 2.74 bits per heavy atom. The summed E-state index contributed by atoms with van der Waals surface area (Å²) in [5, 5.41) is 11.7. The number of thioether (sulfide) groups is 1. The van der Waals surface area contributed by atoms with Gasteiger partial charge in [-0.3, -0.25) is 19.8 Å². The summed E-state index contributed by atoms with van der Waals surface area (Å²) in [7, 11) is 0. The van der Waals surface area contributed by atoms with Crippen LogP contribution in [0.4, 0.5) is 11.5 Å². The first-order valence-corrected chi connectivity index (χ1v) is 12.0. The number of hydrogen-bond acceptors (Lipinski definition) is 7. The Hall–Kier alpha value is -3.72. The molecule has 0 bridgehead atoms. The molecule has 1 aliphatic carbocycles. The van der Waals surface area contributed by atoms with Gasteiger partial charge in [-0.2, -0.15) is 0 Å². The van der Waals surface area contributed by atoms with E-state index in [-0.39, 0.29) is 17.6 Å². The van der Waals surface area contributed by atoms with Crippen molar-refractivity contribution < 1.29 is 14.1 Å². The number of amides is 1. The molecule has 3 aromatic rings. The number of nitrogens with zero attached hydrogens (tertiary/aromatic N) is 4. The molecule has 1 aliphatic heterocycles. The molecule has 5 rings (SSSR count). The van der Waals surface area contributed by atoms with Gasteiger partial charge < -0.3 is 4.42 Å². The molecule has 0 spiro atoms. The zero-order chi connectivity index (χ0) is 23.5. The summed E-state index contributed by atoms with van der Waals surface area (Å²) in [6, 6.07) is 15.4. The molecule has 8 nitrogen and oxygen atoms in total. The predicted octanol–water partition coefficient (Wildman–Crippen LogP) is 6.19. The second-order valence-corrected chi connectivity index (χ2v) is 9.18. The van der Waals surface area contributed by atoms with Gasteiger partial charge in [0, 0.05) is 36.0 Å². The summed E-state index contributed by atoms with van der Waals surface area (Å²) < 4.78 is 5.91. The Morgan fingerprint density at radius 1 is 1.12 bits per heavy atom. The van der Waals surface area contributed by atoms with Crippen LogP contribution in [0.25, 0.3) is 17.4 Å². The van der Waals surface area contributed by atoms with E-state index < -0.39 is 4.92 Å². The van der Waals surface area contributed by atoms with Crippen molar-refractivity contribution in [2.45, 2.75) is 38.1 Å². The number of rotatable bonds is 5. The highest BCUT2D eigenvalue weighted by molar-refractivity contribution is 8.18. The van der Waals surface area contributed by atoms with Crippen LogP contribution in [-0.2, 0) is 4.79 Å². The number of aliphatic imine (C=N–C) groups is 1. The third-order valence-corrected chi connectivity index (χ3v) is 6.86. The van der Waals surface area contributed by atoms with Crippen LogP contribution < -0.4 is 0 Å². The minimum absolute atomic E-state index is 0.00571. The second kappa shape index (κ2) is 9.64. The molecule has 0 atom stereocenters. The molecular formula is C25H22N4O4S. The Kier molecular flexibility index (Phi) is 6.27. The molecule has 1 saturated heterocycles. The van der Waals surface area contributed by atoms with E-state index in [0.717, 1.165) is 25.7 Å². The van der Waals surface area contributed by atoms with Gasteiger partial charge in [0.2, 0.25) is 0 Å². The third-order valence-electron chi connectivity index (χ3n) is 5.88. The molecule has 34 heavy (non-hydrogen) atoms. The summed E-state index contributed by atoms with van der Waals surface area (Å²) in [5.74, 6) is 1.48. The molecule has 1 amide bonds. The van der Waals surface area contributed by atoms with Gasteiger partial charge in [0.05, 0.1) is 9.83 Å². The predicted molar refractivity (Wildman–Crippen MR) is 131 cm³/mol. The topological polar surface area (TPSA) is 102 Å². The number of amidine groups is 1. The van der Waals surface area contributed by atoms with Gasteiger partial charge in [0.15, 0.2) is 11.0 Å². The first-order valence-electron chi connectivity index (χ1n) is 11.2. The maximum atomic E-state index is 13.4. The van der Waals surface area contributed by atoms with E-state index in [9.17, 15) is 14.9 Å². The Bertz CT molecular complexity index is 1280. The number of furan rings is 1. The van der Waals surface area contributed by atoms with Gasteiger partial charge in [0.1, 0.15) is 11.5 Å². The smallest absolute Gasteiger partial charge is 0.270 e. The average Bonchev–Trinajstić information content (AvgIpc) is 3.45. The number of hydrogen-bond donors (Lipinski definition) is 0. The largest absolute Gasteiger partial charge is 0.457 e. The van der Waals surface area contributed by atoms with Crippen LogP contribution in [0.15, 0.2) is 75.1 Å². The first-order chi connectivity index (χ1) is 16.6. The number of aromatic nitrogens is 1. The molecule has 172 valence electrons. The minimum Gasteiger partial charge on any atom is -0.457 e. The van der Waals surface area contributed by atoms with E-state index in [2.05, 4.69) is 9.98 Å². The van der Waals surface area contributed by atoms with Crippen molar-refractivity contribution in [1.82, 2.24) is 9.88 Å². The van der Waals surface area contributed by atoms with Crippen LogP contribution in [-0.4, -0.2) is 31.9 Å². The van der Waals surface area contributed by atoms with Crippen LogP contribution in [0, 0.1) is 10.1 Å². The number of benzene rings is 1. The van der Waals surface area contributed by atoms with Gasteiger partial charge >= 0.3 is 0 Å². The number of pyridine rings is 1. The van der Waals surface area contributed by atoms with Crippen LogP contribution in [0.3, 0.4) is 0 Å². The molecule has 2 aliphatic rings. The van der Waals surface area contributed by atoms with Gasteiger partial charge in [-0.25, -0.2) is 9.98 Å². The number of carbonyl (C=O) groups excluding carboxylic acids is 1. The molecule has 9 heteroatoms. The van der Waals surface area contributed by atoms with Crippen molar-refractivity contribution in [3.05, 3.63) is 81.6 Å². The number of nitro benzene ring substituents is 1. The van der Waals surface area contributed by atoms with E-state index in [1.165, 1.54) is 30.3 Å². The standard InChI is InChI=1S/C25H22N4O4S/c30-24-22(16-20-12-13-21(33-20)17-7-6-10-19(15-17)29(31)32)34-25(27-23-11-4-5-14-26-23)28(24)18-8-2-1-3-9-18/h4-7,10-16,18H,1-3,8-9H2/b22-16+,27-25+. The summed E-state index contributed by atoms with van der Waals surface area (Å²) in [4.78, 5) is 35.4. The van der Waals surface area contributed by atoms with Crippen LogP contribution >= 0.6 is 11.8 Å². The van der Waals surface area contributed by atoms with Crippen LogP contribution in [0.5, 0.6) is 0 Å². The monoisotopic (exact) mass is 474 g/mol. The first kappa shape index (κ1) is 22.1. The Morgan fingerprint density at radius 2 is 1.97 bits per heavy atom. The van der Waals surface area contributed by atoms with Crippen molar-refractivity contribution in [1.29, 1.82) is 0 Å². The summed E-state index contributed by atoms with van der Waals surface area (Å²) in [6.45, 7) is 0. The summed E-state index contributed by atoms with van der Waals surface area (Å²) in [6.07, 6.45) is 8.69. The maximum absolute atomic E-state index is 13.4. The molecule has 0 unspecified atom stereocenters. The van der Waals surface area contributed by atoms with Crippen molar-refractivity contribution >= 4 is 40.4 Å². The van der Waals surface area contributed by atoms with Crippen molar-refractivity contribution in [3.63, 3.8) is 0 Å². The number of nitro groups is 1. The molecule has 1 saturated carbocycles. The third kappa shape index (κ3) is 4.65. The fourth-order valence-electron chi connectivity index (χ4n) is 4.23. The van der Waals surface area contributed by atoms with E-state index >= 15 is 0 Å². The van der Waals surface area contributed by atoms with E-state index in [4.69, 9.17) is 4.42 Å². The summed E-state index contributed by atoms with van der Waals surface area (Å²) in [5.41, 5.74) is 0.597. The van der Waals surface area contributed by atoms with Gasteiger partial charge in [-0.05, 0) is 48.9 Å². The lowest BCUT2D eigenvalue weighted by atomic mass is 9.94. The normalized spacial score (nSPS) is 19.3. The Labute approximate surface area is 200 Å². The van der Waals surface area contributed by atoms with Crippen molar-refractivity contribution in [2.24, 2.45) is 4.99 Å². The van der Waals surface area contributed by atoms with E-state index in [1.54, 1.807) is 36.5 Å². The lowest BCUT2D eigenvalue weighted by Crippen LogP contribution is -2.40. The number of non-ortho nitro benzene ring substituents is 1. The average molecular weight is 475 g/mol. The fourth-order valence-corrected chi connectivity index (χ4v) is 5.26. The molecule has 0 radical (unpaired) electrons. The molecule has 2 fully saturated rings. The molecular weight excluding hydrogens is 452 g/mol.